The van der Waals surface area contributed by atoms with Crippen LogP contribution in [0.5, 0.6) is 16.7 Å². The number of hydrogen-bond donors (Lipinski definition) is 0. The Labute approximate surface area is 216 Å². The summed E-state index contributed by atoms with van der Waals surface area (Å²) in [6, 6.07) is 17.7. The highest BCUT2D eigenvalue weighted by Gasteiger charge is 2.17. The quantitative estimate of drug-likeness (QED) is 0.214. The van der Waals surface area contributed by atoms with Crippen molar-refractivity contribution in [1.29, 1.82) is 0 Å². The molecule has 0 saturated carbocycles. The Kier molecular flexibility index (Phi) is 5.90. The third-order valence-corrected chi connectivity index (χ3v) is 6.82. The van der Waals surface area contributed by atoms with Crippen LogP contribution in [0, 0.1) is 0 Å². The van der Waals surface area contributed by atoms with Crippen molar-refractivity contribution in [3.8, 4) is 28.1 Å². The number of fused-ring (bicyclic) bond motifs is 2. The second kappa shape index (κ2) is 9.51. The van der Waals surface area contributed by atoms with E-state index >= 15 is 0 Å². The van der Waals surface area contributed by atoms with E-state index in [1.165, 1.54) is 11.3 Å². The summed E-state index contributed by atoms with van der Waals surface area (Å²) in [7, 11) is 3.20. The average Bonchev–Trinajstić information content (AvgIpc) is 3.70. The highest BCUT2D eigenvalue weighted by Crippen LogP contribution is 2.37. The molecule has 4 aromatic heterocycles. The number of imidazole rings is 1. The lowest BCUT2D eigenvalue weighted by molar-refractivity contribution is 0.307. The second-order valence-corrected chi connectivity index (χ2v) is 9.36. The predicted molar refractivity (Wildman–Crippen MR) is 141 cm³/mol. The summed E-state index contributed by atoms with van der Waals surface area (Å²) >= 11 is 1.36. The number of rotatable bonds is 9. The molecule has 0 aliphatic carbocycles. The van der Waals surface area contributed by atoms with E-state index in [4.69, 9.17) is 23.0 Å². The van der Waals surface area contributed by atoms with E-state index < -0.39 is 0 Å². The van der Waals surface area contributed by atoms with Crippen molar-refractivity contribution in [3.05, 3.63) is 90.5 Å². The van der Waals surface area contributed by atoms with E-state index in [0.717, 1.165) is 32.8 Å². The van der Waals surface area contributed by atoms with Crippen molar-refractivity contribution >= 4 is 32.8 Å². The largest absolute Gasteiger partial charge is 0.496 e. The summed E-state index contributed by atoms with van der Waals surface area (Å²) in [5.74, 6) is 2.71. The van der Waals surface area contributed by atoms with Crippen LogP contribution in [0.15, 0.2) is 82.5 Å². The van der Waals surface area contributed by atoms with Gasteiger partial charge in [-0.1, -0.05) is 30.8 Å². The maximum absolute atomic E-state index is 6.27. The fourth-order valence-corrected chi connectivity index (χ4v) is 4.83. The Morgan fingerprint density at radius 3 is 2.73 bits per heavy atom. The first-order valence-corrected chi connectivity index (χ1v) is 12.4. The Balaban J connectivity index is 1.25. The summed E-state index contributed by atoms with van der Waals surface area (Å²) < 4.78 is 30.2. The molecule has 2 aromatic carbocycles. The summed E-state index contributed by atoms with van der Waals surface area (Å²) in [5.41, 5.74) is 4.42. The van der Waals surface area contributed by atoms with Gasteiger partial charge in [0.25, 0.3) is 5.19 Å². The van der Waals surface area contributed by atoms with Crippen molar-refractivity contribution in [3.63, 3.8) is 0 Å². The van der Waals surface area contributed by atoms with Gasteiger partial charge in [-0.05, 0) is 46.2 Å². The third-order valence-electron chi connectivity index (χ3n) is 5.93. The van der Waals surface area contributed by atoms with Gasteiger partial charge in [-0.2, -0.15) is 0 Å². The van der Waals surface area contributed by atoms with Crippen molar-refractivity contribution in [1.82, 2.24) is 14.6 Å². The van der Waals surface area contributed by atoms with E-state index in [1.54, 1.807) is 25.0 Å². The summed E-state index contributed by atoms with van der Waals surface area (Å²) in [6.45, 7) is 4.53. The van der Waals surface area contributed by atoms with Crippen LogP contribution < -0.4 is 14.2 Å². The van der Waals surface area contributed by atoms with Gasteiger partial charge in [0.05, 0.1) is 32.1 Å². The van der Waals surface area contributed by atoms with Gasteiger partial charge in [-0.15, -0.1) is 5.10 Å². The molecule has 4 heterocycles. The highest BCUT2D eigenvalue weighted by molar-refractivity contribution is 7.18. The number of allylic oxidation sites excluding steroid dienone is 1. The zero-order valence-corrected chi connectivity index (χ0v) is 21.1. The molecule has 0 unspecified atom stereocenters. The molecule has 8 nitrogen and oxygen atoms in total. The fraction of sp³-hybridized carbons (Fsp3) is 0.143. The van der Waals surface area contributed by atoms with Crippen molar-refractivity contribution < 1.29 is 23.0 Å². The minimum Gasteiger partial charge on any atom is -0.496 e. The molecule has 0 fully saturated rings. The van der Waals surface area contributed by atoms with Gasteiger partial charge < -0.3 is 23.0 Å². The van der Waals surface area contributed by atoms with Crippen LogP contribution in [0.4, 0.5) is 0 Å². The van der Waals surface area contributed by atoms with Crippen molar-refractivity contribution in [2.24, 2.45) is 0 Å². The number of aromatic nitrogens is 3. The molecule has 9 heteroatoms. The Morgan fingerprint density at radius 2 is 1.95 bits per heavy atom. The molecule has 6 rings (SSSR count). The third kappa shape index (κ3) is 4.56. The van der Waals surface area contributed by atoms with Gasteiger partial charge in [0.15, 0.2) is 5.76 Å². The normalized spacial score (nSPS) is 11.3. The lowest BCUT2D eigenvalue weighted by Crippen LogP contribution is -1.98. The van der Waals surface area contributed by atoms with Gasteiger partial charge >= 0.3 is 0 Å². The molecule has 0 amide bonds. The number of furan rings is 2. The minimum absolute atomic E-state index is 0.383. The molecular formula is C28H23N3O5S. The molecule has 0 atom stereocenters. The van der Waals surface area contributed by atoms with Gasteiger partial charge in [-0.3, -0.25) is 0 Å². The summed E-state index contributed by atoms with van der Waals surface area (Å²) in [4.78, 5) is 5.34. The smallest absolute Gasteiger partial charge is 0.294 e. The fourth-order valence-electron chi connectivity index (χ4n) is 4.13. The molecule has 0 aliphatic heterocycles. The van der Waals surface area contributed by atoms with Gasteiger partial charge in [0, 0.05) is 18.6 Å². The Bertz CT molecular complexity index is 1680. The first-order valence-electron chi connectivity index (χ1n) is 11.5. The number of methoxy groups -OCH3 is 2. The van der Waals surface area contributed by atoms with Crippen LogP contribution in [-0.2, 0) is 13.0 Å². The number of nitrogens with zero attached hydrogens (tertiary/aromatic N) is 3. The topological polar surface area (TPSA) is 84.2 Å². The maximum Gasteiger partial charge on any atom is 0.294 e. The molecule has 0 aliphatic rings. The molecule has 186 valence electrons. The minimum atomic E-state index is 0.383. The van der Waals surface area contributed by atoms with Crippen LogP contribution in [0.25, 0.3) is 33.0 Å². The summed E-state index contributed by atoms with van der Waals surface area (Å²) in [6.07, 6.45) is 4.16. The second-order valence-electron chi connectivity index (χ2n) is 8.44. The van der Waals surface area contributed by atoms with Gasteiger partial charge in [0.2, 0.25) is 4.96 Å². The standard InChI is InChI=1S/C28H23N3O5S/c1-17(23-8-5-9-34-23)10-18-6-4-7-19(11-18)16-35-24-12-20(32-2)13-25-21(24)14-26(36-25)22-15-31-27(29-22)37-28(30-31)33-3/h4-9,11-15H,1,10,16H2,2-3H3. The van der Waals surface area contributed by atoms with Crippen LogP contribution in [-0.4, -0.2) is 28.8 Å². The Morgan fingerprint density at radius 1 is 1.05 bits per heavy atom. The molecule has 0 N–H and O–H groups in total. The predicted octanol–water partition coefficient (Wildman–Crippen LogP) is 6.65. The Hall–Kier alpha value is -4.50. The maximum atomic E-state index is 6.27. The average molecular weight is 514 g/mol. The molecular weight excluding hydrogens is 490 g/mol. The number of hydrogen-bond acceptors (Lipinski definition) is 8. The van der Waals surface area contributed by atoms with Crippen LogP contribution >= 0.6 is 11.3 Å². The number of ether oxygens (including phenoxy) is 3. The van der Waals surface area contributed by atoms with Crippen LogP contribution in [0.3, 0.4) is 0 Å². The zero-order valence-electron chi connectivity index (χ0n) is 20.3. The van der Waals surface area contributed by atoms with E-state index in [2.05, 4.69) is 28.8 Å². The van der Waals surface area contributed by atoms with Gasteiger partial charge in [-0.25, -0.2) is 9.50 Å². The first kappa shape index (κ1) is 22.9. The molecule has 0 spiro atoms. The van der Waals surface area contributed by atoms with Crippen molar-refractivity contribution in [2.45, 2.75) is 13.0 Å². The van der Waals surface area contributed by atoms with E-state index in [1.807, 2.05) is 48.7 Å². The van der Waals surface area contributed by atoms with E-state index in [-0.39, 0.29) is 0 Å². The van der Waals surface area contributed by atoms with Crippen molar-refractivity contribution in [2.75, 3.05) is 14.2 Å². The molecule has 0 saturated heterocycles. The van der Waals surface area contributed by atoms with Crippen LogP contribution in [0.1, 0.15) is 16.9 Å². The molecule has 37 heavy (non-hydrogen) atoms. The zero-order chi connectivity index (χ0) is 25.4. The van der Waals surface area contributed by atoms with Crippen LogP contribution in [0.2, 0.25) is 0 Å². The summed E-state index contributed by atoms with van der Waals surface area (Å²) in [5, 5.41) is 5.71. The van der Waals surface area contributed by atoms with E-state index in [0.29, 0.717) is 46.8 Å². The first-order chi connectivity index (χ1) is 18.1. The lowest BCUT2D eigenvalue weighted by Gasteiger charge is -2.10. The number of benzene rings is 2. The van der Waals surface area contributed by atoms with Gasteiger partial charge in [0.1, 0.15) is 35.1 Å². The molecule has 0 radical (unpaired) electrons. The van der Waals surface area contributed by atoms with E-state index in [9.17, 15) is 0 Å². The molecule has 6 aromatic rings. The SMILES string of the molecule is C=C(Cc1cccc(COc2cc(OC)cc3oc(-c4cn5nc(OC)sc5n4)cc23)c1)c1ccco1. The lowest BCUT2D eigenvalue weighted by atomic mass is 10.0. The molecule has 0 bridgehead atoms. The monoisotopic (exact) mass is 513 g/mol. The highest BCUT2D eigenvalue weighted by atomic mass is 32.1.